The van der Waals surface area contributed by atoms with Gasteiger partial charge < -0.3 is 25.4 Å². The summed E-state index contributed by atoms with van der Waals surface area (Å²) in [5, 5.41) is 18.9. The van der Waals surface area contributed by atoms with Crippen LogP contribution in [0.25, 0.3) is 0 Å². The van der Waals surface area contributed by atoms with Gasteiger partial charge in [-0.25, -0.2) is 0 Å². The second kappa shape index (κ2) is 10.5. The first-order valence-electron chi connectivity index (χ1n) is 10.8. The number of phenols is 1. The number of nitrogens with two attached hydrogens (primary N) is 1. The van der Waals surface area contributed by atoms with E-state index in [1.807, 2.05) is 60.7 Å². The van der Waals surface area contributed by atoms with Crippen molar-refractivity contribution in [3.63, 3.8) is 0 Å². The zero-order valence-electron chi connectivity index (χ0n) is 18.1. The first-order valence-corrected chi connectivity index (χ1v) is 11.8. The average Bonchev–Trinajstić information content (AvgIpc) is 2.84. The number of rotatable bonds is 7. The van der Waals surface area contributed by atoms with Crippen LogP contribution < -0.4 is 5.73 Å². The molecule has 4 atom stereocenters. The summed E-state index contributed by atoms with van der Waals surface area (Å²) < 4.78 is 12.9. The van der Waals surface area contributed by atoms with E-state index in [9.17, 15) is 10.2 Å². The minimum absolute atomic E-state index is 0.0203. The van der Waals surface area contributed by atoms with Crippen LogP contribution in [0.2, 0.25) is 0 Å². The fraction of sp³-hybridized carbons (Fsp3) is 0.308. The number of aliphatic hydroxyl groups is 1. The topological polar surface area (TPSA) is 84.9 Å². The molecule has 5 nitrogen and oxygen atoms in total. The third kappa shape index (κ3) is 5.34. The molecule has 0 amide bonds. The van der Waals surface area contributed by atoms with Crippen molar-refractivity contribution >= 4 is 11.8 Å². The molecule has 1 fully saturated rings. The van der Waals surface area contributed by atoms with Crippen molar-refractivity contribution in [2.24, 2.45) is 11.7 Å². The summed E-state index contributed by atoms with van der Waals surface area (Å²) in [5.41, 5.74) is 9.72. The third-order valence-electron chi connectivity index (χ3n) is 5.86. The van der Waals surface area contributed by atoms with Crippen LogP contribution in [0, 0.1) is 5.92 Å². The molecule has 1 saturated heterocycles. The number of ether oxygens (including phenoxy) is 2. The highest BCUT2D eigenvalue weighted by molar-refractivity contribution is 7.99. The van der Waals surface area contributed by atoms with Gasteiger partial charge in [-0.1, -0.05) is 55.5 Å². The fourth-order valence-electron chi connectivity index (χ4n) is 3.84. The highest BCUT2D eigenvalue weighted by atomic mass is 32.2. The lowest BCUT2D eigenvalue weighted by Crippen LogP contribution is -2.38. The Morgan fingerprint density at radius 1 is 0.844 bits per heavy atom. The predicted molar refractivity (Wildman–Crippen MR) is 126 cm³/mol. The Morgan fingerprint density at radius 3 is 2.09 bits per heavy atom. The Bertz CT molecular complexity index is 992. The van der Waals surface area contributed by atoms with Crippen LogP contribution in [0.1, 0.15) is 41.6 Å². The van der Waals surface area contributed by atoms with Gasteiger partial charge in [-0.05, 0) is 41.0 Å². The van der Waals surface area contributed by atoms with E-state index >= 15 is 0 Å². The average molecular weight is 452 g/mol. The number of hydrogen-bond acceptors (Lipinski definition) is 6. The first kappa shape index (κ1) is 22.8. The monoisotopic (exact) mass is 451 g/mol. The molecule has 1 aliphatic heterocycles. The van der Waals surface area contributed by atoms with Crippen molar-refractivity contribution in [1.29, 1.82) is 0 Å². The molecule has 0 saturated carbocycles. The highest BCUT2D eigenvalue weighted by Gasteiger charge is 2.38. The zero-order chi connectivity index (χ0) is 22.5. The second-order valence-corrected chi connectivity index (χ2v) is 9.17. The van der Waals surface area contributed by atoms with E-state index in [2.05, 4.69) is 6.92 Å². The fourth-order valence-corrected chi connectivity index (χ4v) is 4.91. The Kier molecular flexibility index (Phi) is 7.50. The quantitative estimate of drug-likeness (QED) is 0.442. The lowest BCUT2D eigenvalue weighted by atomic mass is 9.91. The van der Waals surface area contributed by atoms with E-state index in [-0.39, 0.29) is 30.5 Å². The smallest absolute Gasteiger partial charge is 0.184 e. The molecule has 1 unspecified atom stereocenters. The Hall–Kier alpha value is -2.35. The standard InChI is InChI=1S/C26H29NO4S/c1-17-24(16-32-23-12-10-22(29)11-13-23)30-26(21-8-2-18(14-27)3-9-21)31-25(17)20-6-4-19(15-28)5-7-20/h2-13,17,24-26,28-29H,14-16,27H2,1H3/t17-,24+,25+,26?/m0/s1. The Balaban J connectivity index is 1.57. The maximum absolute atomic E-state index is 9.54. The molecular weight excluding hydrogens is 422 g/mol. The van der Waals surface area contributed by atoms with Gasteiger partial charge in [0.15, 0.2) is 6.29 Å². The number of hydrogen-bond donors (Lipinski definition) is 3. The van der Waals surface area contributed by atoms with Crippen LogP contribution in [0.3, 0.4) is 0 Å². The van der Waals surface area contributed by atoms with Gasteiger partial charge in [-0.2, -0.15) is 0 Å². The van der Waals surface area contributed by atoms with Gasteiger partial charge in [-0.15, -0.1) is 11.8 Å². The minimum Gasteiger partial charge on any atom is -0.508 e. The Labute approximate surface area is 193 Å². The lowest BCUT2D eigenvalue weighted by molar-refractivity contribution is -0.268. The van der Waals surface area contributed by atoms with Crippen molar-refractivity contribution in [2.75, 3.05) is 5.75 Å². The second-order valence-electron chi connectivity index (χ2n) is 8.07. The lowest BCUT2D eigenvalue weighted by Gasteiger charge is -2.41. The molecule has 0 aliphatic carbocycles. The van der Waals surface area contributed by atoms with E-state index in [0.29, 0.717) is 6.54 Å². The van der Waals surface area contributed by atoms with Crippen LogP contribution in [-0.4, -0.2) is 22.1 Å². The number of thioether (sulfide) groups is 1. The molecule has 32 heavy (non-hydrogen) atoms. The van der Waals surface area contributed by atoms with E-state index in [1.165, 1.54) is 0 Å². The molecule has 168 valence electrons. The van der Waals surface area contributed by atoms with Gasteiger partial charge in [0.05, 0.1) is 18.8 Å². The minimum atomic E-state index is -0.481. The molecule has 0 aromatic heterocycles. The summed E-state index contributed by atoms with van der Waals surface area (Å²) in [6, 6.07) is 23.2. The molecule has 1 aliphatic rings. The summed E-state index contributed by atoms with van der Waals surface area (Å²) in [6.07, 6.45) is -0.656. The third-order valence-corrected chi connectivity index (χ3v) is 6.96. The highest BCUT2D eigenvalue weighted by Crippen LogP contribution is 2.43. The van der Waals surface area contributed by atoms with Crippen molar-refractivity contribution in [2.45, 2.75) is 43.5 Å². The van der Waals surface area contributed by atoms with E-state index in [4.69, 9.17) is 15.2 Å². The van der Waals surface area contributed by atoms with Gasteiger partial charge >= 0.3 is 0 Å². The number of phenolic OH excluding ortho intramolecular Hbond substituents is 1. The van der Waals surface area contributed by atoms with E-state index in [1.54, 1.807) is 23.9 Å². The molecule has 4 rings (SSSR count). The normalized spacial score (nSPS) is 23.2. The van der Waals surface area contributed by atoms with Gasteiger partial charge in [0.2, 0.25) is 0 Å². The number of benzene rings is 3. The Morgan fingerprint density at radius 2 is 1.47 bits per heavy atom. The molecule has 3 aromatic carbocycles. The summed E-state index contributed by atoms with van der Waals surface area (Å²) >= 11 is 1.70. The molecule has 0 spiro atoms. The number of aliphatic hydroxyl groups excluding tert-OH is 1. The molecule has 0 bridgehead atoms. The van der Waals surface area contributed by atoms with Crippen LogP contribution in [-0.2, 0) is 22.6 Å². The summed E-state index contributed by atoms with van der Waals surface area (Å²) in [5.74, 6) is 1.15. The first-order chi connectivity index (χ1) is 15.6. The molecule has 6 heteroatoms. The van der Waals surface area contributed by atoms with Crippen LogP contribution in [0.15, 0.2) is 77.7 Å². The summed E-state index contributed by atoms with van der Waals surface area (Å²) in [4.78, 5) is 1.08. The number of aromatic hydroxyl groups is 1. The van der Waals surface area contributed by atoms with E-state index in [0.717, 1.165) is 32.9 Å². The van der Waals surface area contributed by atoms with Crippen LogP contribution >= 0.6 is 11.8 Å². The molecule has 1 heterocycles. The maximum Gasteiger partial charge on any atom is 0.184 e. The SMILES string of the molecule is C[C@H]1[C@@H](CSc2ccc(O)cc2)OC(c2ccc(CN)cc2)O[C@H]1c1ccc(CO)cc1. The zero-order valence-corrected chi connectivity index (χ0v) is 18.9. The summed E-state index contributed by atoms with van der Waals surface area (Å²) in [6.45, 7) is 2.67. The van der Waals surface area contributed by atoms with Crippen LogP contribution in [0.5, 0.6) is 5.75 Å². The summed E-state index contributed by atoms with van der Waals surface area (Å²) in [7, 11) is 0. The van der Waals surface area contributed by atoms with Gasteiger partial charge in [0.1, 0.15) is 5.75 Å². The van der Waals surface area contributed by atoms with Gasteiger partial charge in [-0.3, -0.25) is 0 Å². The van der Waals surface area contributed by atoms with Crippen molar-refractivity contribution in [3.8, 4) is 5.75 Å². The maximum atomic E-state index is 9.54. The van der Waals surface area contributed by atoms with Crippen molar-refractivity contribution < 1.29 is 19.7 Å². The molecule has 3 aromatic rings. The van der Waals surface area contributed by atoms with Crippen LogP contribution in [0.4, 0.5) is 0 Å². The van der Waals surface area contributed by atoms with E-state index < -0.39 is 6.29 Å². The van der Waals surface area contributed by atoms with Gasteiger partial charge in [0.25, 0.3) is 0 Å². The predicted octanol–water partition coefficient (Wildman–Crippen LogP) is 4.93. The molecular formula is C26H29NO4S. The molecule has 0 radical (unpaired) electrons. The largest absolute Gasteiger partial charge is 0.508 e. The van der Waals surface area contributed by atoms with Gasteiger partial charge in [0, 0.05) is 28.7 Å². The van der Waals surface area contributed by atoms with Crippen molar-refractivity contribution in [3.05, 3.63) is 95.1 Å². The van der Waals surface area contributed by atoms with Crippen molar-refractivity contribution in [1.82, 2.24) is 0 Å². The molecule has 4 N–H and O–H groups in total.